The van der Waals surface area contributed by atoms with E-state index >= 15 is 0 Å². The van der Waals surface area contributed by atoms with Gasteiger partial charge in [-0.05, 0) is 36.9 Å². The predicted octanol–water partition coefficient (Wildman–Crippen LogP) is 3.88. The number of nitrogens with two attached hydrogens (primary N) is 2. The molecule has 0 heterocycles. The smallest absolute Gasteiger partial charge is 0.151 e. The summed E-state index contributed by atoms with van der Waals surface area (Å²) in [5, 5.41) is 0. The maximum absolute atomic E-state index is 5.89. The molecule has 0 fully saturated rings. The van der Waals surface area contributed by atoms with Crippen molar-refractivity contribution < 1.29 is 0 Å². The fraction of sp³-hybridized carbons (Fsp3) is 0.348. The molecule has 0 aliphatic rings. The van der Waals surface area contributed by atoms with Gasteiger partial charge in [-0.25, -0.2) is 0 Å². The molecule has 4 nitrogen and oxygen atoms in total. The molecule has 2 aromatic rings. The Morgan fingerprint density at radius 2 is 1.56 bits per heavy atom. The average Bonchev–Trinajstić information content (AvgIpc) is 2.72. The highest BCUT2D eigenvalue weighted by Crippen LogP contribution is 2.42. The van der Waals surface area contributed by atoms with Crippen molar-refractivity contribution in [1.29, 1.82) is 0 Å². The molecule has 2 aromatic carbocycles. The van der Waals surface area contributed by atoms with Gasteiger partial charge in [0.15, 0.2) is 5.54 Å². The van der Waals surface area contributed by atoms with Crippen molar-refractivity contribution in [2.45, 2.75) is 31.7 Å². The second kappa shape index (κ2) is 10.5. The summed E-state index contributed by atoms with van der Waals surface area (Å²) in [6.07, 6.45) is 6.65. The first-order chi connectivity index (χ1) is 13.2. The molecule has 0 aromatic heterocycles. The zero-order valence-corrected chi connectivity index (χ0v) is 16.5. The summed E-state index contributed by atoms with van der Waals surface area (Å²) < 4.78 is 0. The number of hydrogen-bond acceptors (Lipinski definition) is 3. The lowest BCUT2D eigenvalue weighted by Crippen LogP contribution is -2.38. The van der Waals surface area contributed by atoms with Gasteiger partial charge in [0.2, 0.25) is 0 Å². The van der Waals surface area contributed by atoms with Crippen molar-refractivity contribution in [3.05, 3.63) is 83.6 Å². The van der Waals surface area contributed by atoms with Gasteiger partial charge in [0.25, 0.3) is 0 Å². The zero-order valence-electron chi connectivity index (χ0n) is 16.5. The largest absolute Gasteiger partial charge is 0.390 e. The predicted molar refractivity (Wildman–Crippen MR) is 116 cm³/mol. The number of aliphatic imine (C=N–C) groups is 1. The van der Waals surface area contributed by atoms with Crippen molar-refractivity contribution in [1.82, 2.24) is 4.90 Å². The quantitative estimate of drug-likeness (QED) is 0.382. The Kier molecular flexibility index (Phi) is 8.08. The van der Waals surface area contributed by atoms with E-state index in [1.165, 1.54) is 6.34 Å². The average molecular weight is 365 g/mol. The van der Waals surface area contributed by atoms with Gasteiger partial charge in [-0.1, -0.05) is 73.7 Å². The van der Waals surface area contributed by atoms with Crippen LogP contribution in [0, 0.1) is 0 Å². The van der Waals surface area contributed by atoms with Crippen LogP contribution >= 0.6 is 0 Å². The van der Waals surface area contributed by atoms with E-state index in [1.807, 2.05) is 12.1 Å². The maximum atomic E-state index is 5.89. The SMILES string of the molecule is CC/C=C(\N(C)CCCCN)C(N=CN)(c1ccccc1)c1ccccc1. The van der Waals surface area contributed by atoms with Crippen LogP contribution in [0.3, 0.4) is 0 Å². The van der Waals surface area contributed by atoms with Gasteiger partial charge in [-0.3, -0.25) is 4.99 Å². The van der Waals surface area contributed by atoms with E-state index < -0.39 is 5.54 Å². The molecule has 4 N–H and O–H groups in total. The van der Waals surface area contributed by atoms with Gasteiger partial charge >= 0.3 is 0 Å². The van der Waals surface area contributed by atoms with Crippen LogP contribution in [0.15, 0.2) is 77.4 Å². The molecule has 144 valence electrons. The summed E-state index contributed by atoms with van der Waals surface area (Å²) >= 11 is 0. The van der Waals surface area contributed by atoms with E-state index in [4.69, 9.17) is 16.5 Å². The molecular weight excluding hydrogens is 332 g/mol. The number of benzene rings is 2. The molecule has 0 amide bonds. The molecule has 4 heteroatoms. The van der Waals surface area contributed by atoms with Crippen LogP contribution < -0.4 is 11.5 Å². The molecule has 0 saturated carbocycles. The number of nitrogens with zero attached hydrogens (tertiary/aromatic N) is 2. The summed E-state index contributed by atoms with van der Waals surface area (Å²) in [6, 6.07) is 20.8. The standard InChI is InChI=1S/C23H32N4/c1-3-12-22(27(2)18-11-10-17-24)23(26-19-25,20-13-6-4-7-14-20)21-15-8-5-9-16-21/h4-9,12-16,19H,3,10-11,17-18,24H2,1-2H3,(H2,25,26)/b22-12-. The van der Waals surface area contributed by atoms with Gasteiger partial charge in [0, 0.05) is 19.3 Å². The van der Waals surface area contributed by atoms with Gasteiger partial charge in [-0.2, -0.15) is 0 Å². The highest BCUT2D eigenvalue weighted by Gasteiger charge is 2.39. The van der Waals surface area contributed by atoms with E-state index in [1.54, 1.807) is 0 Å². The van der Waals surface area contributed by atoms with Gasteiger partial charge < -0.3 is 16.4 Å². The third kappa shape index (κ3) is 4.77. The van der Waals surface area contributed by atoms with E-state index in [9.17, 15) is 0 Å². The molecule has 0 saturated heterocycles. The molecule has 0 spiro atoms. The van der Waals surface area contributed by atoms with Crippen LogP contribution in [-0.2, 0) is 5.54 Å². The topological polar surface area (TPSA) is 67.6 Å². The number of unbranched alkanes of at least 4 members (excludes halogenated alkanes) is 1. The Bertz CT molecular complexity index is 683. The molecule has 0 aliphatic carbocycles. The van der Waals surface area contributed by atoms with Crippen LogP contribution in [0.25, 0.3) is 0 Å². The van der Waals surface area contributed by atoms with Crippen molar-refractivity contribution in [3.63, 3.8) is 0 Å². The van der Waals surface area contributed by atoms with Crippen LogP contribution in [0.1, 0.15) is 37.3 Å². The fourth-order valence-corrected chi connectivity index (χ4v) is 3.54. The van der Waals surface area contributed by atoms with Crippen molar-refractivity contribution >= 4 is 6.34 Å². The first kappa shape index (κ1) is 20.7. The highest BCUT2D eigenvalue weighted by atomic mass is 15.2. The van der Waals surface area contributed by atoms with E-state index in [0.29, 0.717) is 6.54 Å². The number of allylic oxidation sites excluding steroid dienone is 1. The first-order valence-electron chi connectivity index (χ1n) is 9.69. The number of hydrogen-bond donors (Lipinski definition) is 2. The lowest BCUT2D eigenvalue weighted by molar-refractivity contribution is 0.345. The molecule has 0 aliphatic heterocycles. The summed E-state index contributed by atoms with van der Waals surface area (Å²) in [4.78, 5) is 7.18. The molecule has 2 rings (SSSR count). The Labute approximate surface area is 163 Å². The van der Waals surface area contributed by atoms with E-state index in [2.05, 4.69) is 73.5 Å². The molecule has 0 radical (unpaired) electrons. The Hall–Kier alpha value is -2.59. The molecule has 0 bridgehead atoms. The van der Waals surface area contributed by atoms with E-state index in [0.717, 1.165) is 42.6 Å². The Morgan fingerprint density at radius 1 is 1.00 bits per heavy atom. The van der Waals surface area contributed by atoms with Crippen molar-refractivity contribution in [2.24, 2.45) is 16.5 Å². The van der Waals surface area contributed by atoms with E-state index in [-0.39, 0.29) is 0 Å². The van der Waals surface area contributed by atoms with Gasteiger partial charge in [0.1, 0.15) is 0 Å². The van der Waals surface area contributed by atoms with Crippen LogP contribution in [0.2, 0.25) is 0 Å². The minimum absolute atomic E-state index is 0.676. The Morgan fingerprint density at radius 3 is 2.00 bits per heavy atom. The molecule has 27 heavy (non-hydrogen) atoms. The number of likely N-dealkylation sites (N-methyl/N-ethyl adjacent to an activating group) is 1. The molecule has 0 atom stereocenters. The number of rotatable bonds is 10. The van der Waals surface area contributed by atoms with Gasteiger partial charge in [-0.15, -0.1) is 0 Å². The summed E-state index contributed by atoms with van der Waals surface area (Å²) in [5.74, 6) is 0. The first-order valence-corrected chi connectivity index (χ1v) is 9.69. The maximum Gasteiger partial charge on any atom is 0.151 e. The third-order valence-electron chi connectivity index (χ3n) is 4.78. The molecular formula is C23H32N4. The lowest BCUT2D eigenvalue weighted by atomic mass is 9.79. The second-order valence-electron chi connectivity index (χ2n) is 6.64. The lowest BCUT2D eigenvalue weighted by Gasteiger charge is -2.39. The third-order valence-corrected chi connectivity index (χ3v) is 4.78. The Balaban J connectivity index is 2.67. The monoisotopic (exact) mass is 364 g/mol. The summed E-state index contributed by atoms with van der Waals surface area (Å²) in [7, 11) is 2.13. The zero-order chi connectivity index (χ0) is 19.5. The highest BCUT2D eigenvalue weighted by molar-refractivity contribution is 5.58. The normalized spacial score (nSPS) is 12.5. The fourth-order valence-electron chi connectivity index (χ4n) is 3.54. The van der Waals surface area contributed by atoms with Crippen LogP contribution in [0.5, 0.6) is 0 Å². The van der Waals surface area contributed by atoms with Gasteiger partial charge in [0.05, 0.1) is 6.34 Å². The molecule has 0 unspecified atom stereocenters. The van der Waals surface area contributed by atoms with Crippen molar-refractivity contribution in [2.75, 3.05) is 20.1 Å². The van der Waals surface area contributed by atoms with Crippen molar-refractivity contribution in [3.8, 4) is 0 Å². The summed E-state index contributed by atoms with van der Waals surface area (Å²) in [6.45, 7) is 3.79. The minimum atomic E-state index is -0.676. The van der Waals surface area contributed by atoms with Crippen LogP contribution in [-0.4, -0.2) is 31.4 Å². The second-order valence-corrected chi connectivity index (χ2v) is 6.64. The summed E-state index contributed by atoms with van der Waals surface area (Å²) in [5.41, 5.74) is 14.2. The minimum Gasteiger partial charge on any atom is -0.390 e. The van der Waals surface area contributed by atoms with Crippen LogP contribution in [0.4, 0.5) is 0 Å².